The molecule has 3 aromatic rings. The number of carbonyl (C=O) groups is 1. The minimum Gasteiger partial charge on any atom is -0.484 e. The molecule has 0 unspecified atom stereocenters. The maximum atomic E-state index is 12.9. The summed E-state index contributed by atoms with van der Waals surface area (Å²) in [6.07, 6.45) is 3.19. The number of hydrogen-bond donors (Lipinski definition) is 0. The van der Waals surface area contributed by atoms with Crippen molar-refractivity contribution in [2.75, 3.05) is 19.7 Å². The van der Waals surface area contributed by atoms with E-state index in [1.165, 1.54) is 0 Å². The zero-order chi connectivity index (χ0) is 20.6. The normalized spacial score (nSPS) is 22.8. The number of nitrogens with zero attached hydrogens (tertiary/aromatic N) is 3. The number of benzene rings is 2. The molecule has 0 spiro atoms. The molecule has 2 atom stereocenters. The Morgan fingerprint density at radius 3 is 2.93 bits per heavy atom. The molecule has 6 heteroatoms. The number of fused-ring (bicyclic) bond motifs is 1. The molecular formula is C24H25N3O3. The number of aromatic nitrogens is 2. The minimum absolute atomic E-state index is 0.0112. The van der Waals surface area contributed by atoms with Crippen molar-refractivity contribution in [1.29, 1.82) is 0 Å². The van der Waals surface area contributed by atoms with Crippen LogP contribution in [0.3, 0.4) is 0 Å². The molecule has 0 bridgehead atoms. The highest BCUT2D eigenvalue weighted by Crippen LogP contribution is 2.49. The van der Waals surface area contributed by atoms with Gasteiger partial charge in [0.25, 0.3) is 11.8 Å². The molecular weight excluding hydrogens is 378 g/mol. The third kappa shape index (κ3) is 3.36. The standard InChI is InChI=1S/C24H25N3O3/c1-17-7-5-11-20(13-17)29-15-21(28)27-14-19-10-6-12-24(19,16-27)23-25-22(30-26-23)18-8-3-2-4-9-18/h2-5,7-9,11,13,19H,6,10,12,14-16H2,1H3/t19-,24-/m1/s1. The second-order valence-corrected chi connectivity index (χ2v) is 8.41. The van der Waals surface area contributed by atoms with Crippen LogP contribution in [-0.2, 0) is 10.2 Å². The lowest BCUT2D eigenvalue weighted by atomic mass is 9.80. The van der Waals surface area contributed by atoms with E-state index in [2.05, 4.69) is 5.16 Å². The molecule has 1 saturated carbocycles. The summed E-state index contributed by atoms with van der Waals surface area (Å²) in [6, 6.07) is 17.6. The van der Waals surface area contributed by atoms with Gasteiger partial charge in [-0.3, -0.25) is 4.79 Å². The van der Waals surface area contributed by atoms with Gasteiger partial charge < -0.3 is 14.2 Å². The van der Waals surface area contributed by atoms with E-state index in [1.54, 1.807) is 0 Å². The monoisotopic (exact) mass is 403 g/mol. The van der Waals surface area contributed by atoms with E-state index in [4.69, 9.17) is 14.2 Å². The molecule has 2 heterocycles. The van der Waals surface area contributed by atoms with E-state index >= 15 is 0 Å². The van der Waals surface area contributed by atoms with Crippen molar-refractivity contribution in [2.24, 2.45) is 5.92 Å². The Morgan fingerprint density at radius 1 is 1.23 bits per heavy atom. The molecule has 6 nitrogen and oxygen atoms in total. The first-order valence-corrected chi connectivity index (χ1v) is 10.5. The second-order valence-electron chi connectivity index (χ2n) is 8.41. The SMILES string of the molecule is Cc1cccc(OCC(=O)N2C[C@H]3CCC[C@@]3(c3noc(-c4ccccc4)n3)C2)c1. The fourth-order valence-electron chi connectivity index (χ4n) is 4.91. The number of carbonyl (C=O) groups excluding carboxylic acids is 1. The van der Waals surface area contributed by atoms with Crippen molar-refractivity contribution in [3.63, 3.8) is 0 Å². The van der Waals surface area contributed by atoms with Crippen LogP contribution >= 0.6 is 0 Å². The Hall–Kier alpha value is -3.15. The summed E-state index contributed by atoms with van der Waals surface area (Å²) in [7, 11) is 0. The molecule has 1 aliphatic carbocycles. The fourth-order valence-corrected chi connectivity index (χ4v) is 4.91. The van der Waals surface area contributed by atoms with Crippen molar-refractivity contribution >= 4 is 5.91 Å². The van der Waals surface area contributed by atoms with Gasteiger partial charge in [-0.2, -0.15) is 4.98 Å². The van der Waals surface area contributed by atoms with Crippen LogP contribution in [0.1, 0.15) is 30.7 Å². The largest absolute Gasteiger partial charge is 0.484 e. The van der Waals surface area contributed by atoms with Gasteiger partial charge in [-0.1, -0.05) is 41.9 Å². The molecule has 1 saturated heterocycles. The summed E-state index contributed by atoms with van der Waals surface area (Å²) in [5, 5.41) is 4.35. The Kier molecular flexibility index (Phi) is 4.77. The topological polar surface area (TPSA) is 68.5 Å². The first kappa shape index (κ1) is 18.9. The summed E-state index contributed by atoms with van der Waals surface area (Å²) in [6.45, 7) is 3.41. The molecule has 2 aliphatic rings. The van der Waals surface area contributed by atoms with Gasteiger partial charge in [-0.25, -0.2) is 0 Å². The first-order chi connectivity index (χ1) is 14.6. The number of amides is 1. The molecule has 30 heavy (non-hydrogen) atoms. The highest BCUT2D eigenvalue weighted by atomic mass is 16.5. The molecule has 2 aromatic carbocycles. The molecule has 5 rings (SSSR count). The smallest absolute Gasteiger partial charge is 0.260 e. The van der Waals surface area contributed by atoms with E-state index < -0.39 is 0 Å². The molecule has 2 fully saturated rings. The number of ether oxygens (including phenoxy) is 1. The quantitative estimate of drug-likeness (QED) is 0.644. The zero-order valence-electron chi connectivity index (χ0n) is 17.1. The lowest BCUT2D eigenvalue weighted by Crippen LogP contribution is -2.37. The predicted molar refractivity (Wildman–Crippen MR) is 112 cm³/mol. The predicted octanol–water partition coefficient (Wildman–Crippen LogP) is 4.00. The summed E-state index contributed by atoms with van der Waals surface area (Å²) in [5.74, 6) is 2.37. The Balaban J connectivity index is 1.31. The third-order valence-electron chi connectivity index (χ3n) is 6.47. The van der Waals surface area contributed by atoms with E-state index in [0.29, 0.717) is 18.4 Å². The van der Waals surface area contributed by atoms with E-state index in [1.807, 2.05) is 66.4 Å². The zero-order valence-corrected chi connectivity index (χ0v) is 17.1. The van der Waals surface area contributed by atoms with Gasteiger partial charge in [0.15, 0.2) is 12.4 Å². The first-order valence-electron chi connectivity index (χ1n) is 10.5. The van der Waals surface area contributed by atoms with Gasteiger partial charge in [0, 0.05) is 18.7 Å². The van der Waals surface area contributed by atoms with E-state index in [-0.39, 0.29) is 17.9 Å². The van der Waals surface area contributed by atoms with Crippen molar-refractivity contribution < 1.29 is 14.1 Å². The van der Waals surface area contributed by atoms with Crippen LogP contribution in [0.5, 0.6) is 5.75 Å². The molecule has 1 aliphatic heterocycles. The number of hydrogen-bond acceptors (Lipinski definition) is 5. The second kappa shape index (κ2) is 7.59. The Labute approximate surface area is 175 Å². The lowest BCUT2D eigenvalue weighted by Gasteiger charge is -2.24. The van der Waals surface area contributed by atoms with Gasteiger partial charge in [0.05, 0.1) is 5.41 Å². The number of aryl methyl sites for hydroxylation is 1. The highest BCUT2D eigenvalue weighted by molar-refractivity contribution is 5.78. The number of rotatable bonds is 5. The lowest BCUT2D eigenvalue weighted by molar-refractivity contribution is -0.132. The third-order valence-corrected chi connectivity index (χ3v) is 6.47. The van der Waals surface area contributed by atoms with Gasteiger partial charge >= 0.3 is 0 Å². The Bertz CT molecular complexity index is 1050. The van der Waals surface area contributed by atoms with E-state index in [0.717, 1.165) is 48.5 Å². The van der Waals surface area contributed by atoms with Crippen molar-refractivity contribution in [3.05, 3.63) is 66.0 Å². The molecule has 0 N–H and O–H groups in total. The van der Waals surface area contributed by atoms with Crippen LogP contribution in [0, 0.1) is 12.8 Å². The average Bonchev–Trinajstić information content (AvgIpc) is 3.47. The van der Waals surface area contributed by atoms with Gasteiger partial charge in [0.1, 0.15) is 5.75 Å². The van der Waals surface area contributed by atoms with Crippen molar-refractivity contribution in [3.8, 4) is 17.2 Å². The molecule has 1 amide bonds. The van der Waals surface area contributed by atoms with Crippen LogP contribution in [0.4, 0.5) is 0 Å². The van der Waals surface area contributed by atoms with Gasteiger partial charge in [0.2, 0.25) is 0 Å². The summed E-state index contributed by atoms with van der Waals surface area (Å²) >= 11 is 0. The average molecular weight is 403 g/mol. The van der Waals surface area contributed by atoms with Gasteiger partial charge in [-0.05, 0) is 55.5 Å². The summed E-state index contributed by atoms with van der Waals surface area (Å²) < 4.78 is 11.3. The summed E-state index contributed by atoms with van der Waals surface area (Å²) in [4.78, 5) is 19.5. The maximum absolute atomic E-state index is 12.9. The fraction of sp³-hybridized carbons (Fsp3) is 0.375. The maximum Gasteiger partial charge on any atom is 0.260 e. The highest BCUT2D eigenvalue weighted by Gasteiger charge is 2.54. The minimum atomic E-state index is -0.213. The van der Waals surface area contributed by atoms with Crippen LogP contribution in [0.25, 0.3) is 11.5 Å². The number of likely N-dealkylation sites (tertiary alicyclic amines) is 1. The Morgan fingerprint density at radius 2 is 2.10 bits per heavy atom. The van der Waals surface area contributed by atoms with Crippen LogP contribution in [-0.4, -0.2) is 40.6 Å². The molecule has 0 radical (unpaired) electrons. The molecule has 1 aromatic heterocycles. The van der Waals surface area contributed by atoms with Crippen molar-refractivity contribution in [1.82, 2.24) is 15.0 Å². The van der Waals surface area contributed by atoms with Crippen molar-refractivity contribution in [2.45, 2.75) is 31.6 Å². The van der Waals surface area contributed by atoms with Crippen LogP contribution in [0.15, 0.2) is 59.1 Å². The van der Waals surface area contributed by atoms with Crippen LogP contribution < -0.4 is 4.74 Å². The summed E-state index contributed by atoms with van der Waals surface area (Å²) in [5.41, 5.74) is 1.82. The molecule has 154 valence electrons. The van der Waals surface area contributed by atoms with Gasteiger partial charge in [-0.15, -0.1) is 0 Å². The van der Waals surface area contributed by atoms with E-state index in [9.17, 15) is 4.79 Å². The van der Waals surface area contributed by atoms with Crippen LogP contribution in [0.2, 0.25) is 0 Å².